The third-order valence-electron chi connectivity index (χ3n) is 16.9. The summed E-state index contributed by atoms with van der Waals surface area (Å²) in [7, 11) is 0. The summed E-state index contributed by atoms with van der Waals surface area (Å²) >= 11 is 0. The van der Waals surface area contributed by atoms with Gasteiger partial charge >= 0.3 is 0 Å². The van der Waals surface area contributed by atoms with Gasteiger partial charge in [-0.2, -0.15) is 0 Å². The molecule has 16 rings (SSSR count). The number of fused-ring (bicyclic) bond motifs is 16. The molecule has 0 amide bonds. The lowest BCUT2D eigenvalue weighted by Crippen LogP contribution is -2.33. The number of para-hydroxylation sites is 3. The van der Waals surface area contributed by atoms with Gasteiger partial charge in [-0.3, -0.25) is 0 Å². The van der Waals surface area contributed by atoms with Gasteiger partial charge in [-0.25, -0.2) is 0 Å². The molecule has 2 heterocycles. The molecule has 1 spiro atoms. The second-order valence-corrected chi connectivity index (χ2v) is 20.3. The average molecular weight is 939 g/mol. The van der Waals surface area contributed by atoms with E-state index in [-0.39, 0.29) is 0 Å². The second kappa shape index (κ2) is 15.5. The van der Waals surface area contributed by atoms with Crippen LogP contribution in [0.5, 0.6) is 0 Å². The van der Waals surface area contributed by atoms with E-state index in [1.807, 2.05) is 0 Å². The Morgan fingerprint density at radius 3 is 1.57 bits per heavy atom. The maximum Gasteiger partial charge on any atom is 0.0754 e. The zero-order valence-corrected chi connectivity index (χ0v) is 40.5. The first kappa shape index (κ1) is 41.2. The lowest BCUT2D eigenvalue weighted by Gasteiger charge is -2.39. The highest BCUT2D eigenvalue weighted by Crippen LogP contribution is 2.62. The Hall–Kier alpha value is -9.50. The summed E-state index contributed by atoms with van der Waals surface area (Å²) in [5.74, 6) is 0. The molecule has 3 aliphatic rings. The summed E-state index contributed by atoms with van der Waals surface area (Å²) in [4.78, 5) is 2.48. The lowest BCUT2D eigenvalue weighted by atomic mass is 9.65. The van der Waals surface area contributed by atoms with Crippen LogP contribution < -0.4 is 4.90 Å². The molecule has 13 aromatic rings. The highest BCUT2D eigenvalue weighted by Gasteiger charge is 2.51. The molecule has 0 N–H and O–H groups in total. The van der Waals surface area contributed by atoms with Gasteiger partial charge in [0.05, 0.1) is 33.2 Å². The van der Waals surface area contributed by atoms with Crippen molar-refractivity contribution in [3.63, 3.8) is 0 Å². The zero-order valence-electron chi connectivity index (χ0n) is 40.5. The number of aromatic nitrogens is 1. The Labute approximate surface area is 430 Å². The number of hydrogen-bond donors (Lipinski definition) is 0. The molecule has 1 unspecified atom stereocenters. The van der Waals surface area contributed by atoms with Gasteiger partial charge in [0.2, 0.25) is 0 Å². The molecule has 2 heteroatoms. The zero-order chi connectivity index (χ0) is 48.5. The number of benzene rings is 12. The van der Waals surface area contributed by atoms with Gasteiger partial charge in [0.15, 0.2) is 0 Å². The summed E-state index contributed by atoms with van der Waals surface area (Å²) in [5.41, 5.74) is 24.0. The largest absolute Gasteiger partial charge is 0.310 e. The van der Waals surface area contributed by atoms with Crippen molar-refractivity contribution in [2.24, 2.45) is 0 Å². The van der Waals surface area contributed by atoms with Crippen LogP contribution in [0, 0.1) is 0 Å². The van der Waals surface area contributed by atoms with E-state index in [2.05, 4.69) is 289 Å². The van der Waals surface area contributed by atoms with Gasteiger partial charge in [-0.15, -0.1) is 0 Å². The monoisotopic (exact) mass is 938 g/mol. The van der Waals surface area contributed by atoms with Crippen LogP contribution in [0.15, 0.2) is 279 Å². The molecule has 12 aromatic carbocycles. The first-order valence-electron chi connectivity index (χ1n) is 25.8. The van der Waals surface area contributed by atoms with Crippen LogP contribution in [0.1, 0.15) is 44.5 Å². The first-order valence-corrected chi connectivity index (χ1v) is 25.8. The minimum Gasteiger partial charge on any atom is -0.310 e. The van der Waals surface area contributed by atoms with Crippen LogP contribution in [-0.4, -0.2) is 4.57 Å². The SMILES string of the molecule is c1ccc(C2(c3ccccc3)c3ccccc3-c3ccc(N(c4ccc(-c5ccc6c(c5)C5(c7ccccc7-6)c6ccccc6-n6c7ccccc7c7cccc5c76)cc4)c4cccc5ccccc45)cc32)cc1. The number of hydrogen-bond acceptors (Lipinski definition) is 1. The second-order valence-electron chi connectivity index (χ2n) is 20.3. The van der Waals surface area contributed by atoms with Gasteiger partial charge in [-0.05, 0) is 132 Å². The molecule has 1 atom stereocenters. The minimum absolute atomic E-state index is 0.518. The third-order valence-corrected chi connectivity index (χ3v) is 16.9. The molecule has 344 valence electrons. The Morgan fingerprint density at radius 2 is 0.811 bits per heavy atom. The van der Waals surface area contributed by atoms with Gasteiger partial charge in [0, 0.05) is 27.5 Å². The van der Waals surface area contributed by atoms with Crippen molar-refractivity contribution in [2.75, 3.05) is 4.90 Å². The molecule has 0 radical (unpaired) electrons. The molecule has 2 aliphatic carbocycles. The molecule has 1 aromatic heterocycles. The number of nitrogens with zero attached hydrogens (tertiary/aromatic N) is 2. The summed E-state index contributed by atoms with van der Waals surface area (Å²) in [5, 5.41) is 4.98. The molecule has 0 fully saturated rings. The maximum absolute atomic E-state index is 2.52. The molecule has 0 bridgehead atoms. The normalized spacial score (nSPS) is 15.2. The maximum atomic E-state index is 2.52. The van der Waals surface area contributed by atoms with E-state index in [0.717, 1.165) is 17.1 Å². The molecular formula is C72H46N2. The van der Waals surface area contributed by atoms with E-state index in [1.165, 1.54) is 116 Å². The van der Waals surface area contributed by atoms with Crippen molar-refractivity contribution >= 4 is 49.6 Å². The van der Waals surface area contributed by atoms with E-state index in [0.29, 0.717) is 0 Å². The van der Waals surface area contributed by atoms with Gasteiger partial charge in [0.1, 0.15) is 0 Å². The highest BCUT2D eigenvalue weighted by molar-refractivity contribution is 6.13. The van der Waals surface area contributed by atoms with Gasteiger partial charge in [0.25, 0.3) is 0 Å². The third kappa shape index (κ3) is 5.39. The predicted octanol–water partition coefficient (Wildman–Crippen LogP) is 18.1. The van der Waals surface area contributed by atoms with Crippen LogP contribution in [0.3, 0.4) is 0 Å². The molecular weight excluding hydrogens is 893 g/mol. The smallest absolute Gasteiger partial charge is 0.0754 e. The van der Waals surface area contributed by atoms with Crippen LogP contribution >= 0.6 is 0 Å². The van der Waals surface area contributed by atoms with Crippen molar-refractivity contribution < 1.29 is 0 Å². The number of anilines is 3. The Balaban J connectivity index is 0.888. The Morgan fingerprint density at radius 1 is 0.297 bits per heavy atom. The molecule has 74 heavy (non-hydrogen) atoms. The quantitative estimate of drug-likeness (QED) is 0.161. The van der Waals surface area contributed by atoms with Crippen LogP contribution in [0.4, 0.5) is 17.1 Å². The van der Waals surface area contributed by atoms with Gasteiger partial charge in [-0.1, -0.05) is 231 Å². The van der Waals surface area contributed by atoms with Crippen molar-refractivity contribution in [1.29, 1.82) is 0 Å². The van der Waals surface area contributed by atoms with Crippen LogP contribution in [0.25, 0.3) is 71.6 Å². The lowest BCUT2D eigenvalue weighted by molar-refractivity contribution is 0.749. The number of rotatable bonds is 6. The minimum atomic E-state index is -0.524. The first-order chi connectivity index (χ1) is 36.7. The molecule has 0 saturated carbocycles. The summed E-state index contributed by atoms with van der Waals surface area (Å²) < 4.78 is 2.52. The molecule has 2 nitrogen and oxygen atoms in total. The summed E-state index contributed by atoms with van der Waals surface area (Å²) in [6, 6.07) is 105. The average Bonchev–Trinajstić information content (AvgIpc) is 4.10. The topological polar surface area (TPSA) is 8.17 Å². The fourth-order valence-corrected chi connectivity index (χ4v) is 13.9. The fraction of sp³-hybridized carbons (Fsp3) is 0.0278. The summed E-state index contributed by atoms with van der Waals surface area (Å²) in [6.07, 6.45) is 0. The predicted molar refractivity (Wildman–Crippen MR) is 307 cm³/mol. The molecule has 1 aliphatic heterocycles. The molecule has 0 saturated heterocycles. The van der Waals surface area contributed by atoms with Crippen molar-refractivity contribution in [3.8, 4) is 39.1 Å². The Kier molecular flexibility index (Phi) is 8.62. The van der Waals surface area contributed by atoms with E-state index >= 15 is 0 Å². The van der Waals surface area contributed by atoms with Crippen LogP contribution in [0.2, 0.25) is 0 Å². The van der Waals surface area contributed by atoms with Crippen LogP contribution in [-0.2, 0) is 10.8 Å². The van der Waals surface area contributed by atoms with Crippen molar-refractivity contribution in [1.82, 2.24) is 4.57 Å². The highest BCUT2D eigenvalue weighted by atomic mass is 15.1. The Bertz CT molecular complexity index is 4390. The standard InChI is InChI=1S/C72H46N2/c1-3-21-50(22-4-1)71(51-23-5-2-6-24-51)61-30-12-9-26-55(61)58-44-42-53(46-66(58)71)73(67-36-17-20-48-19-7-8-25-54(48)67)52-40-37-47(38-41-52)49-39-43-57-56-27-10-13-31-62(56)72(65(57)45-49)63-32-14-16-35-69(63)74-68-34-15-11-28-59(68)60-29-18-33-64(72)70(60)74/h1-46H. The van der Waals surface area contributed by atoms with Crippen molar-refractivity contribution in [3.05, 3.63) is 324 Å². The van der Waals surface area contributed by atoms with E-state index in [9.17, 15) is 0 Å². The fourth-order valence-electron chi connectivity index (χ4n) is 13.9. The van der Waals surface area contributed by atoms with E-state index in [1.54, 1.807) is 0 Å². The van der Waals surface area contributed by atoms with E-state index in [4.69, 9.17) is 0 Å². The van der Waals surface area contributed by atoms with E-state index < -0.39 is 10.8 Å². The summed E-state index contributed by atoms with van der Waals surface area (Å²) in [6.45, 7) is 0. The van der Waals surface area contributed by atoms with Gasteiger partial charge < -0.3 is 9.47 Å². The van der Waals surface area contributed by atoms with Crippen molar-refractivity contribution in [2.45, 2.75) is 10.8 Å².